The van der Waals surface area contributed by atoms with Crippen molar-refractivity contribution in [3.05, 3.63) is 22.9 Å². The van der Waals surface area contributed by atoms with Gasteiger partial charge in [-0.3, -0.25) is 9.13 Å². The summed E-state index contributed by atoms with van der Waals surface area (Å²) in [7, 11) is 0. The van der Waals surface area contributed by atoms with Gasteiger partial charge in [0, 0.05) is 25.0 Å². The van der Waals surface area contributed by atoms with Gasteiger partial charge >= 0.3 is 5.69 Å². The van der Waals surface area contributed by atoms with Crippen LogP contribution < -0.4 is 11.0 Å². The molecule has 2 heterocycles. The highest BCUT2D eigenvalue weighted by molar-refractivity contribution is 4.94. The van der Waals surface area contributed by atoms with Crippen LogP contribution in [-0.2, 0) is 0 Å². The summed E-state index contributed by atoms with van der Waals surface area (Å²) < 4.78 is 3.77. The Bertz CT molecular complexity index is 382. The van der Waals surface area contributed by atoms with E-state index < -0.39 is 0 Å². The fourth-order valence-electron chi connectivity index (χ4n) is 2.19. The Balaban J connectivity index is 1.93. The van der Waals surface area contributed by atoms with E-state index in [0.717, 1.165) is 19.5 Å². The lowest BCUT2D eigenvalue weighted by Gasteiger charge is -2.08. The van der Waals surface area contributed by atoms with Gasteiger partial charge < -0.3 is 5.32 Å². The lowest BCUT2D eigenvalue weighted by atomic mass is 10.3. The molecular weight excluding hydrogens is 178 g/mol. The van der Waals surface area contributed by atoms with E-state index in [4.69, 9.17) is 0 Å². The molecular formula is C10H15N3O. The summed E-state index contributed by atoms with van der Waals surface area (Å²) in [4.78, 5) is 11.9. The summed E-state index contributed by atoms with van der Waals surface area (Å²) in [5, 5.41) is 3.28. The Labute approximate surface area is 82.5 Å². The van der Waals surface area contributed by atoms with Crippen LogP contribution in [0, 0.1) is 0 Å². The van der Waals surface area contributed by atoms with E-state index in [9.17, 15) is 4.79 Å². The molecule has 1 aromatic heterocycles. The number of hydrogen-bond donors (Lipinski definition) is 1. The van der Waals surface area contributed by atoms with Crippen LogP contribution in [0.15, 0.2) is 17.2 Å². The van der Waals surface area contributed by atoms with Gasteiger partial charge in [0.2, 0.25) is 0 Å². The number of aromatic nitrogens is 2. The van der Waals surface area contributed by atoms with Gasteiger partial charge in [0.05, 0.1) is 6.04 Å². The van der Waals surface area contributed by atoms with Crippen LogP contribution in [0.2, 0.25) is 0 Å². The summed E-state index contributed by atoms with van der Waals surface area (Å²) >= 11 is 0. The number of nitrogens with one attached hydrogen (secondary N) is 1. The lowest BCUT2D eigenvalue weighted by molar-refractivity contribution is 0.514. The summed E-state index contributed by atoms with van der Waals surface area (Å²) in [6, 6.07) is 0.876. The topological polar surface area (TPSA) is 39.0 Å². The van der Waals surface area contributed by atoms with Crippen LogP contribution in [0.3, 0.4) is 0 Å². The zero-order chi connectivity index (χ0) is 9.54. The van der Waals surface area contributed by atoms with Crippen molar-refractivity contribution < 1.29 is 0 Å². The molecule has 2 fully saturated rings. The Kier molecular flexibility index (Phi) is 1.77. The third-order valence-corrected chi connectivity index (χ3v) is 3.20. The van der Waals surface area contributed by atoms with Crippen molar-refractivity contribution in [1.29, 1.82) is 0 Å². The molecule has 1 saturated heterocycles. The van der Waals surface area contributed by atoms with Crippen LogP contribution >= 0.6 is 0 Å². The van der Waals surface area contributed by atoms with Crippen molar-refractivity contribution in [1.82, 2.24) is 14.5 Å². The van der Waals surface area contributed by atoms with Gasteiger partial charge in [0.15, 0.2) is 0 Å². The Morgan fingerprint density at radius 1 is 1.14 bits per heavy atom. The highest BCUT2D eigenvalue weighted by Gasteiger charge is 2.27. The van der Waals surface area contributed by atoms with E-state index in [-0.39, 0.29) is 5.69 Å². The third kappa shape index (κ3) is 1.21. The molecule has 1 atom stereocenters. The standard InChI is InChI=1S/C10H15N3O/c14-10-12(8-1-2-8)5-6-13(10)9-3-4-11-7-9/h5-6,8-9,11H,1-4,7H2. The Morgan fingerprint density at radius 2 is 1.86 bits per heavy atom. The first kappa shape index (κ1) is 8.29. The van der Waals surface area contributed by atoms with Crippen molar-refractivity contribution >= 4 is 0 Å². The summed E-state index contributed by atoms with van der Waals surface area (Å²) in [6.07, 6.45) is 7.31. The zero-order valence-electron chi connectivity index (χ0n) is 8.15. The maximum absolute atomic E-state index is 11.9. The van der Waals surface area contributed by atoms with E-state index in [1.54, 1.807) is 0 Å². The molecule has 3 rings (SSSR count). The van der Waals surface area contributed by atoms with Crippen LogP contribution in [0.4, 0.5) is 0 Å². The van der Waals surface area contributed by atoms with Crippen molar-refractivity contribution in [2.45, 2.75) is 31.3 Å². The third-order valence-electron chi connectivity index (χ3n) is 3.20. The molecule has 0 bridgehead atoms. The predicted molar refractivity (Wildman–Crippen MR) is 53.5 cm³/mol. The van der Waals surface area contributed by atoms with Gasteiger partial charge in [-0.15, -0.1) is 0 Å². The molecule has 4 heteroatoms. The molecule has 1 aromatic rings. The second kappa shape index (κ2) is 2.98. The van der Waals surface area contributed by atoms with E-state index >= 15 is 0 Å². The normalized spacial score (nSPS) is 27.0. The van der Waals surface area contributed by atoms with Gasteiger partial charge in [-0.05, 0) is 25.8 Å². The molecule has 4 nitrogen and oxygen atoms in total. The van der Waals surface area contributed by atoms with Gasteiger partial charge in [0.25, 0.3) is 0 Å². The SMILES string of the molecule is O=c1n(C2CC2)ccn1C1CCNC1. The first-order valence-corrected chi connectivity index (χ1v) is 5.36. The quantitative estimate of drug-likeness (QED) is 0.743. The maximum atomic E-state index is 11.9. The molecule has 76 valence electrons. The molecule has 0 spiro atoms. The van der Waals surface area contributed by atoms with Crippen molar-refractivity contribution in [3.8, 4) is 0 Å². The molecule has 1 aliphatic carbocycles. The van der Waals surface area contributed by atoms with Crippen LogP contribution in [0.1, 0.15) is 31.3 Å². The molecule has 1 aliphatic heterocycles. The molecule has 1 unspecified atom stereocenters. The first-order valence-electron chi connectivity index (χ1n) is 5.36. The maximum Gasteiger partial charge on any atom is 0.328 e. The fourth-order valence-corrected chi connectivity index (χ4v) is 2.19. The summed E-state index contributed by atoms with van der Waals surface area (Å²) in [5.41, 5.74) is 0.182. The number of nitrogens with zero attached hydrogens (tertiary/aromatic N) is 2. The molecule has 0 aromatic carbocycles. The minimum Gasteiger partial charge on any atom is -0.315 e. The number of imidazole rings is 1. The fraction of sp³-hybridized carbons (Fsp3) is 0.700. The van der Waals surface area contributed by atoms with Crippen molar-refractivity contribution in [2.75, 3.05) is 13.1 Å². The van der Waals surface area contributed by atoms with Gasteiger partial charge in [0.1, 0.15) is 0 Å². The highest BCUT2D eigenvalue weighted by atomic mass is 16.1. The summed E-state index contributed by atoms with van der Waals surface area (Å²) in [5.74, 6) is 0. The average Bonchev–Trinajstić information content (AvgIpc) is 2.76. The highest BCUT2D eigenvalue weighted by Crippen LogP contribution is 2.33. The van der Waals surface area contributed by atoms with Crippen molar-refractivity contribution in [3.63, 3.8) is 0 Å². The van der Waals surface area contributed by atoms with Crippen LogP contribution in [-0.4, -0.2) is 22.2 Å². The second-order valence-electron chi connectivity index (χ2n) is 4.27. The van der Waals surface area contributed by atoms with Crippen LogP contribution in [0.5, 0.6) is 0 Å². The smallest absolute Gasteiger partial charge is 0.315 e. The Morgan fingerprint density at radius 3 is 2.43 bits per heavy atom. The van der Waals surface area contributed by atoms with Crippen LogP contribution in [0.25, 0.3) is 0 Å². The summed E-state index contributed by atoms with van der Waals surface area (Å²) in [6.45, 7) is 1.97. The molecule has 2 aliphatic rings. The zero-order valence-corrected chi connectivity index (χ0v) is 8.15. The molecule has 1 saturated carbocycles. The lowest BCUT2D eigenvalue weighted by Crippen LogP contribution is -2.27. The van der Waals surface area contributed by atoms with Gasteiger partial charge in [-0.25, -0.2) is 4.79 Å². The van der Waals surface area contributed by atoms with E-state index in [2.05, 4.69) is 5.32 Å². The molecule has 0 radical (unpaired) electrons. The first-order chi connectivity index (χ1) is 6.86. The number of hydrogen-bond acceptors (Lipinski definition) is 2. The van der Waals surface area contributed by atoms with Gasteiger partial charge in [-0.2, -0.15) is 0 Å². The van der Waals surface area contributed by atoms with Gasteiger partial charge in [-0.1, -0.05) is 0 Å². The van der Waals surface area contributed by atoms with E-state index in [1.807, 2.05) is 21.5 Å². The monoisotopic (exact) mass is 193 g/mol. The average molecular weight is 193 g/mol. The molecule has 0 amide bonds. The minimum absolute atomic E-state index is 0.182. The minimum atomic E-state index is 0.182. The number of rotatable bonds is 2. The predicted octanol–water partition coefficient (Wildman–Crippen LogP) is 0.519. The van der Waals surface area contributed by atoms with E-state index in [0.29, 0.717) is 12.1 Å². The second-order valence-corrected chi connectivity index (χ2v) is 4.27. The Hall–Kier alpha value is -1.03. The largest absolute Gasteiger partial charge is 0.328 e. The van der Waals surface area contributed by atoms with E-state index in [1.165, 1.54) is 12.8 Å². The molecule has 14 heavy (non-hydrogen) atoms. The molecule has 1 N–H and O–H groups in total. The van der Waals surface area contributed by atoms with Crippen molar-refractivity contribution in [2.24, 2.45) is 0 Å².